The molecule has 1 unspecified atom stereocenters. The zero-order valence-corrected chi connectivity index (χ0v) is 12.0. The van der Waals surface area contributed by atoms with E-state index in [9.17, 15) is 0 Å². The second-order valence-electron chi connectivity index (χ2n) is 4.38. The van der Waals surface area contributed by atoms with E-state index in [2.05, 4.69) is 44.0 Å². The molecule has 1 N–H and O–H groups in total. The van der Waals surface area contributed by atoms with Crippen LogP contribution < -0.4 is 5.32 Å². The molecule has 1 saturated heterocycles. The van der Waals surface area contributed by atoms with Gasteiger partial charge in [-0.05, 0) is 41.4 Å². The van der Waals surface area contributed by atoms with Crippen molar-refractivity contribution in [2.24, 2.45) is 7.05 Å². The number of nitrogens with one attached hydrogen (secondary N) is 1. The van der Waals surface area contributed by atoms with E-state index in [1.54, 1.807) is 11.3 Å². The number of halogens is 1. The van der Waals surface area contributed by atoms with Crippen LogP contribution in [-0.4, -0.2) is 16.3 Å². The molecule has 0 spiro atoms. The van der Waals surface area contributed by atoms with Gasteiger partial charge in [-0.1, -0.05) is 0 Å². The standard InChI is InChI=1S/C12H14BrN3S/c1-16-6-9(11-5-8(13)7-17-11)12(15-16)10-3-2-4-14-10/h5-7,10,14H,2-4H2,1H3. The molecule has 3 nitrogen and oxygen atoms in total. The van der Waals surface area contributed by atoms with Gasteiger partial charge in [0.25, 0.3) is 0 Å². The lowest BCUT2D eigenvalue weighted by atomic mass is 10.1. The van der Waals surface area contributed by atoms with Gasteiger partial charge in [0, 0.05) is 33.5 Å². The first kappa shape index (κ1) is 11.4. The Bertz CT molecular complexity index is 526. The Hall–Kier alpha value is -0.650. The average Bonchev–Trinajstić information content (AvgIpc) is 2.96. The van der Waals surface area contributed by atoms with Gasteiger partial charge in [0.2, 0.25) is 0 Å². The van der Waals surface area contributed by atoms with E-state index in [4.69, 9.17) is 0 Å². The largest absolute Gasteiger partial charge is 0.309 e. The predicted octanol–water partition coefficient (Wildman–Crippen LogP) is 3.34. The molecule has 0 saturated carbocycles. The fraction of sp³-hybridized carbons (Fsp3) is 0.417. The number of thiophene rings is 1. The minimum absolute atomic E-state index is 0.423. The third-order valence-corrected chi connectivity index (χ3v) is 4.81. The van der Waals surface area contributed by atoms with E-state index < -0.39 is 0 Å². The fourth-order valence-corrected chi connectivity index (χ4v) is 3.77. The maximum atomic E-state index is 4.62. The molecule has 2 aromatic rings. The second-order valence-corrected chi connectivity index (χ2v) is 6.21. The van der Waals surface area contributed by atoms with E-state index in [-0.39, 0.29) is 0 Å². The Morgan fingerprint density at radius 1 is 1.59 bits per heavy atom. The highest BCUT2D eigenvalue weighted by Crippen LogP contribution is 2.35. The summed E-state index contributed by atoms with van der Waals surface area (Å²) < 4.78 is 3.06. The predicted molar refractivity (Wildman–Crippen MR) is 74.2 cm³/mol. The van der Waals surface area contributed by atoms with Crippen LogP contribution in [-0.2, 0) is 7.05 Å². The first-order chi connectivity index (χ1) is 8.24. The van der Waals surface area contributed by atoms with Gasteiger partial charge < -0.3 is 5.32 Å². The molecule has 1 fully saturated rings. The monoisotopic (exact) mass is 311 g/mol. The molecule has 2 aromatic heterocycles. The van der Waals surface area contributed by atoms with Gasteiger partial charge in [-0.15, -0.1) is 11.3 Å². The van der Waals surface area contributed by atoms with E-state index in [0.29, 0.717) is 6.04 Å². The highest BCUT2D eigenvalue weighted by Gasteiger charge is 2.23. The van der Waals surface area contributed by atoms with Gasteiger partial charge in [0.1, 0.15) is 0 Å². The van der Waals surface area contributed by atoms with E-state index in [1.807, 2.05) is 11.7 Å². The quantitative estimate of drug-likeness (QED) is 0.922. The van der Waals surface area contributed by atoms with Crippen molar-refractivity contribution in [3.05, 3.63) is 27.8 Å². The Balaban J connectivity index is 2.03. The Kier molecular flexibility index (Phi) is 3.06. The molecule has 0 bridgehead atoms. The zero-order chi connectivity index (χ0) is 11.8. The summed E-state index contributed by atoms with van der Waals surface area (Å²) >= 11 is 5.27. The van der Waals surface area contributed by atoms with Crippen LogP contribution in [0.25, 0.3) is 10.4 Å². The van der Waals surface area contributed by atoms with Crippen molar-refractivity contribution < 1.29 is 0 Å². The van der Waals surface area contributed by atoms with E-state index in [0.717, 1.165) is 11.0 Å². The summed E-state index contributed by atoms with van der Waals surface area (Å²) in [6.45, 7) is 1.11. The first-order valence-electron chi connectivity index (χ1n) is 5.75. The minimum Gasteiger partial charge on any atom is -0.309 e. The zero-order valence-electron chi connectivity index (χ0n) is 9.61. The first-order valence-corrected chi connectivity index (χ1v) is 7.42. The minimum atomic E-state index is 0.423. The summed E-state index contributed by atoms with van der Waals surface area (Å²) in [5.74, 6) is 0. The highest BCUT2D eigenvalue weighted by atomic mass is 79.9. The van der Waals surface area contributed by atoms with E-state index >= 15 is 0 Å². The summed E-state index contributed by atoms with van der Waals surface area (Å²) in [6.07, 6.45) is 4.55. The van der Waals surface area contributed by atoms with Gasteiger partial charge in [0.05, 0.1) is 11.7 Å². The number of aromatic nitrogens is 2. The van der Waals surface area contributed by atoms with E-state index in [1.165, 1.54) is 29.0 Å². The lowest BCUT2D eigenvalue weighted by Gasteiger charge is -2.08. The van der Waals surface area contributed by atoms with Crippen LogP contribution in [0.4, 0.5) is 0 Å². The molecule has 3 heterocycles. The molecular weight excluding hydrogens is 298 g/mol. The van der Waals surface area contributed by atoms with Crippen LogP contribution in [0.3, 0.4) is 0 Å². The van der Waals surface area contributed by atoms with Crippen molar-refractivity contribution in [1.29, 1.82) is 0 Å². The Morgan fingerprint density at radius 3 is 3.12 bits per heavy atom. The topological polar surface area (TPSA) is 29.9 Å². The molecule has 90 valence electrons. The molecule has 17 heavy (non-hydrogen) atoms. The summed E-state index contributed by atoms with van der Waals surface area (Å²) in [4.78, 5) is 1.29. The highest BCUT2D eigenvalue weighted by molar-refractivity contribution is 9.10. The van der Waals surface area contributed by atoms with Crippen LogP contribution in [0.1, 0.15) is 24.6 Å². The van der Waals surface area contributed by atoms with Gasteiger partial charge in [0.15, 0.2) is 0 Å². The number of aryl methyl sites for hydroxylation is 1. The van der Waals surface area contributed by atoms with Crippen molar-refractivity contribution in [3.63, 3.8) is 0 Å². The smallest absolute Gasteiger partial charge is 0.0880 e. The van der Waals surface area contributed by atoms with Crippen molar-refractivity contribution in [3.8, 4) is 10.4 Å². The molecule has 0 amide bonds. The third-order valence-electron chi connectivity index (χ3n) is 3.08. The molecule has 1 aliphatic rings. The lowest BCUT2D eigenvalue weighted by Crippen LogP contribution is -2.14. The number of rotatable bonds is 2. The molecule has 5 heteroatoms. The van der Waals surface area contributed by atoms with Crippen molar-refractivity contribution >= 4 is 27.3 Å². The molecular formula is C12H14BrN3S. The molecule has 0 aromatic carbocycles. The van der Waals surface area contributed by atoms with Crippen LogP contribution in [0.2, 0.25) is 0 Å². The molecule has 1 aliphatic heterocycles. The van der Waals surface area contributed by atoms with Gasteiger partial charge in [-0.25, -0.2) is 0 Å². The maximum Gasteiger partial charge on any atom is 0.0880 e. The van der Waals surface area contributed by atoms with Crippen molar-refractivity contribution in [1.82, 2.24) is 15.1 Å². The molecule has 0 radical (unpaired) electrons. The number of nitrogens with zero attached hydrogens (tertiary/aromatic N) is 2. The lowest BCUT2D eigenvalue weighted by molar-refractivity contribution is 0.608. The summed E-state index contributed by atoms with van der Waals surface area (Å²) in [7, 11) is 1.99. The van der Waals surface area contributed by atoms with Gasteiger partial charge in [-0.2, -0.15) is 5.10 Å². The van der Waals surface area contributed by atoms with Crippen LogP contribution in [0.15, 0.2) is 22.1 Å². The van der Waals surface area contributed by atoms with Crippen LogP contribution in [0.5, 0.6) is 0 Å². The third kappa shape index (κ3) is 2.19. The van der Waals surface area contributed by atoms with Gasteiger partial charge in [-0.3, -0.25) is 4.68 Å². The summed E-state index contributed by atoms with van der Waals surface area (Å²) in [5.41, 5.74) is 2.46. The fourth-order valence-electron chi connectivity index (χ4n) is 2.33. The normalized spacial score (nSPS) is 20.0. The summed E-state index contributed by atoms with van der Waals surface area (Å²) in [5, 5.41) is 10.3. The van der Waals surface area contributed by atoms with Crippen molar-refractivity contribution in [2.75, 3.05) is 6.54 Å². The van der Waals surface area contributed by atoms with Crippen LogP contribution >= 0.6 is 27.3 Å². The SMILES string of the molecule is Cn1cc(-c2cc(Br)cs2)c(C2CCCN2)n1. The number of hydrogen-bond donors (Lipinski definition) is 1. The Morgan fingerprint density at radius 2 is 2.47 bits per heavy atom. The maximum absolute atomic E-state index is 4.62. The van der Waals surface area contributed by atoms with Crippen LogP contribution in [0, 0.1) is 0 Å². The molecule has 0 aliphatic carbocycles. The average molecular weight is 312 g/mol. The van der Waals surface area contributed by atoms with Crippen molar-refractivity contribution in [2.45, 2.75) is 18.9 Å². The molecule has 1 atom stereocenters. The summed E-state index contributed by atoms with van der Waals surface area (Å²) in [6, 6.07) is 2.59. The van der Waals surface area contributed by atoms with Gasteiger partial charge >= 0.3 is 0 Å². The number of hydrogen-bond acceptors (Lipinski definition) is 3. The Labute approximate surface area is 113 Å². The molecule has 3 rings (SSSR count). The second kappa shape index (κ2) is 4.55.